The number of nitrogens with one attached hydrogen (secondary N) is 2. The highest BCUT2D eigenvalue weighted by Crippen LogP contribution is 2.23. The first-order valence-corrected chi connectivity index (χ1v) is 7.35. The van der Waals surface area contributed by atoms with Crippen LogP contribution in [-0.2, 0) is 11.8 Å². The van der Waals surface area contributed by atoms with Crippen LogP contribution in [0.2, 0.25) is 0 Å². The number of anilines is 3. The second kappa shape index (κ2) is 6.04. The maximum Gasteiger partial charge on any atom is 0.226 e. The van der Waals surface area contributed by atoms with E-state index in [-0.39, 0.29) is 11.8 Å². The average molecular weight is 310 g/mol. The first-order chi connectivity index (χ1) is 11.0. The topological polar surface area (TPSA) is 84.7 Å². The standard InChI is InChI=1S/C16H18N6O/c1-10(2)16(23)21-12-6-4-11(5-7-12)20-14-13-8-19-22(3)15(13)18-9-17-14/h4-10H,1-3H3,(H,21,23)(H,17,18,20). The van der Waals surface area contributed by atoms with Gasteiger partial charge in [0.05, 0.1) is 11.6 Å². The van der Waals surface area contributed by atoms with Gasteiger partial charge in [-0.3, -0.25) is 9.48 Å². The quantitative estimate of drug-likeness (QED) is 0.774. The van der Waals surface area contributed by atoms with Crippen LogP contribution in [0.1, 0.15) is 13.8 Å². The van der Waals surface area contributed by atoms with E-state index in [4.69, 9.17) is 0 Å². The molecule has 0 aliphatic heterocycles. The minimum absolute atomic E-state index is 0.00132. The molecule has 0 fully saturated rings. The zero-order chi connectivity index (χ0) is 16.4. The number of carbonyl (C=O) groups is 1. The molecule has 0 spiro atoms. The number of nitrogens with zero attached hydrogens (tertiary/aromatic N) is 4. The van der Waals surface area contributed by atoms with Crippen LogP contribution in [0.5, 0.6) is 0 Å². The largest absolute Gasteiger partial charge is 0.340 e. The number of fused-ring (bicyclic) bond motifs is 1. The molecule has 23 heavy (non-hydrogen) atoms. The first kappa shape index (κ1) is 15.0. The van der Waals surface area contributed by atoms with Crippen LogP contribution >= 0.6 is 0 Å². The van der Waals surface area contributed by atoms with Crippen LogP contribution in [0.3, 0.4) is 0 Å². The molecule has 118 valence electrons. The Kier molecular flexibility index (Phi) is 3.92. The van der Waals surface area contributed by atoms with Crippen LogP contribution in [-0.4, -0.2) is 25.7 Å². The molecule has 0 aliphatic carbocycles. The molecule has 2 heterocycles. The molecular weight excluding hydrogens is 292 g/mol. The summed E-state index contributed by atoms with van der Waals surface area (Å²) in [6.07, 6.45) is 3.23. The minimum atomic E-state index is -0.0484. The molecule has 0 aliphatic rings. The summed E-state index contributed by atoms with van der Waals surface area (Å²) in [7, 11) is 1.84. The maximum atomic E-state index is 11.7. The zero-order valence-corrected chi connectivity index (χ0v) is 13.2. The van der Waals surface area contributed by atoms with Crippen molar-refractivity contribution >= 4 is 34.1 Å². The highest BCUT2D eigenvalue weighted by Gasteiger charge is 2.09. The number of rotatable bonds is 4. The summed E-state index contributed by atoms with van der Waals surface area (Å²) < 4.78 is 1.70. The van der Waals surface area contributed by atoms with E-state index in [0.29, 0.717) is 5.82 Å². The number of hydrogen-bond acceptors (Lipinski definition) is 5. The van der Waals surface area contributed by atoms with Crippen LogP contribution in [0, 0.1) is 5.92 Å². The molecule has 0 saturated heterocycles. The smallest absolute Gasteiger partial charge is 0.226 e. The van der Waals surface area contributed by atoms with Crippen molar-refractivity contribution in [1.82, 2.24) is 19.7 Å². The fraction of sp³-hybridized carbons (Fsp3) is 0.250. The third-order valence-corrected chi connectivity index (χ3v) is 3.47. The van der Waals surface area contributed by atoms with Crippen LogP contribution < -0.4 is 10.6 Å². The summed E-state index contributed by atoms with van der Waals surface area (Å²) in [6.45, 7) is 3.72. The highest BCUT2D eigenvalue weighted by atomic mass is 16.1. The molecule has 0 saturated carbocycles. The van der Waals surface area contributed by atoms with E-state index in [0.717, 1.165) is 22.4 Å². The molecule has 0 unspecified atom stereocenters. The number of carbonyl (C=O) groups excluding carboxylic acids is 1. The van der Waals surface area contributed by atoms with Crippen molar-refractivity contribution in [2.75, 3.05) is 10.6 Å². The van der Waals surface area contributed by atoms with Crippen molar-refractivity contribution in [2.45, 2.75) is 13.8 Å². The molecule has 3 rings (SSSR count). The lowest BCUT2D eigenvalue weighted by Crippen LogP contribution is -2.17. The molecule has 7 nitrogen and oxygen atoms in total. The van der Waals surface area contributed by atoms with E-state index in [1.54, 1.807) is 10.9 Å². The van der Waals surface area contributed by atoms with Gasteiger partial charge in [-0.25, -0.2) is 9.97 Å². The van der Waals surface area contributed by atoms with E-state index in [1.807, 2.05) is 45.2 Å². The Morgan fingerprint density at radius 3 is 2.52 bits per heavy atom. The fourth-order valence-corrected chi connectivity index (χ4v) is 2.12. The third-order valence-electron chi connectivity index (χ3n) is 3.47. The van der Waals surface area contributed by atoms with Gasteiger partial charge in [0.1, 0.15) is 12.1 Å². The van der Waals surface area contributed by atoms with Gasteiger partial charge in [0, 0.05) is 24.3 Å². The zero-order valence-electron chi connectivity index (χ0n) is 13.2. The summed E-state index contributed by atoms with van der Waals surface area (Å²) in [4.78, 5) is 20.2. The van der Waals surface area contributed by atoms with Crippen molar-refractivity contribution in [3.63, 3.8) is 0 Å². The van der Waals surface area contributed by atoms with E-state index in [2.05, 4.69) is 25.7 Å². The second-order valence-electron chi connectivity index (χ2n) is 5.57. The van der Waals surface area contributed by atoms with Crippen molar-refractivity contribution in [3.8, 4) is 0 Å². The second-order valence-corrected chi connectivity index (χ2v) is 5.57. The predicted molar refractivity (Wildman–Crippen MR) is 89.5 cm³/mol. The SMILES string of the molecule is CC(C)C(=O)Nc1ccc(Nc2ncnc3c2cnn3C)cc1. The monoisotopic (exact) mass is 310 g/mol. The number of aromatic nitrogens is 4. The molecule has 2 N–H and O–H groups in total. The number of benzene rings is 1. The maximum absolute atomic E-state index is 11.7. The molecule has 3 aromatic rings. The van der Waals surface area contributed by atoms with Gasteiger partial charge in [0.2, 0.25) is 5.91 Å². The average Bonchev–Trinajstić information content (AvgIpc) is 2.92. The summed E-state index contributed by atoms with van der Waals surface area (Å²) in [5.74, 6) is 0.647. The van der Waals surface area contributed by atoms with Crippen LogP contribution in [0.15, 0.2) is 36.8 Å². The molecule has 0 radical (unpaired) electrons. The van der Waals surface area contributed by atoms with E-state index in [1.165, 1.54) is 6.33 Å². The van der Waals surface area contributed by atoms with Gasteiger partial charge < -0.3 is 10.6 Å². The van der Waals surface area contributed by atoms with E-state index >= 15 is 0 Å². The number of hydrogen-bond donors (Lipinski definition) is 2. The third kappa shape index (κ3) is 3.13. The van der Waals surface area contributed by atoms with Gasteiger partial charge in [-0.2, -0.15) is 5.10 Å². The molecule has 0 atom stereocenters. The van der Waals surface area contributed by atoms with Gasteiger partial charge in [-0.1, -0.05) is 13.8 Å². The summed E-state index contributed by atoms with van der Waals surface area (Å²) >= 11 is 0. The molecule has 1 amide bonds. The highest BCUT2D eigenvalue weighted by molar-refractivity contribution is 5.92. The van der Waals surface area contributed by atoms with Gasteiger partial charge >= 0.3 is 0 Å². The minimum Gasteiger partial charge on any atom is -0.340 e. The Bertz CT molecular complexity index is 837. The van der Waals surface area contributed by atoms with Crippen molar-refractivity contribution in [3.05, 3.63) is 36.8 Å². The Morgan fingerprint density at radius 2 is 1.83 bits per heavy atom. The van der Waals surface area contributed by atoms with Crippen molar-refractivity contribution in [1.29, 1.82) is 0 Å². The predicted octanol–water partition coefficient (Wildman–Crippen LogP) is 2.70. The lowest BCUT2D eigenvalue weighted by atomic mass is 10.2. The van der Waals surface area contributed by atoms with Crippen molar-refractivity contribution in [2.24, 2.45) is 13.0 Å². The number of amides is 1. The van der Waals surface area contributed by atoms with Gasteiger partial charge in [0.15, 0.2) is 5.65 Å². The molecule has 0 bridgehead atoms. The van der Waals surface area contributed by atoms with Gasteiger partial charge in [0.25, 0.3) is 0 Å². The van der Waals surface area contributed by atoms with E-state index in [9.17, 15) is 4.79 Å². The summed E-state index contributed by atoms with van der Waals surface area (Å²) in [5.41, 5.74) is 2.41. The Labute approximate surface area is 133 Å². The van der Waals surface area contributed by atoms with Crippen molar-refractivity contribution < 1.29 is 4.79 Å². The molecule has 1 aromatic carbocycles. The Hall–Kier alpha value is -2.96. The summed E-state index contributed by atoms with van der Waals surface area (Å²) in [5, 5.41) is 11.1. The lowest BCUT2D eigenvalue weighted by Gasteiger charge is -2.10. The normalized spacial score (nSPS) is 11.0. The Balaban J connectivity index is 1.79. The molecule has 2 aromatic heterocycles. The molecular formula is C16H18N6O. The molecule has 7 heteroatoms. The van der Waals surface area contributed by atoms with Gasteiger partial charge in [-0.05, 0) is 24.3 Å². The number of aryl methyl sites for hydroxylation is 1. The van der Waals surface area contributed by atoms with E-state index < -0.39 is 0 Å². The first-order valence-electron chi connectivity index (χ1n) is 7.35. The van der Waals surface area contributed by atoms with Crippen LogP contribution in [0.25, 0.3) is 11.0 Å². The lowest BCUT2D eigenvalue weighted by molar-refractivity contribution is -0.118. The van der Waals surface area contributed by atoms with Crippen LogP contribution in [0.4, 0.5) is 17.2 Å². The fourth-order valence-electron chi connectivity index (χ4n) is 2.12. The summed E-state index contributed by atoms with van der Waals surface area (Å²) in [6, 6.07) is 7.48. The van der Waals surface area contributed by atoms with Gasteiger partial charge in [-0.15, -0.1) is 0 Å². The Morgan fingerprint density at radius 1 is 1.13 bits per heavy atom.